The van der Waals surface area contributed by atoms with Gasteiger partial charge in [-0.2, -0.15) is 0 Å². The first-order chi connectivity index (χ1) is 9.13. The summed E-state index contributed by atoms with van der Waals surface area (Å²) in [7, 11) is 0. The fourth-order valence-corrected chi connectivity index (χ4v) is 1.92. The highest BCUT2D eigenvalue weighted by Crippen LogP contribution is 2.26. The third-order valence-electron chi connectivity index (χ3n) is 2.88. The topological polar surface area (TPSA) is 33.2 Å². The van der Waals surface area contributed by atoms with Gasteiger partial charge >= 0.3 is 0 Å². The molecular formula is C15H15FN2O. The van der Waals surface area contributed by atoms with Crippen molar-refractivity contribution in [2.45, 2.75) is 13.8 Å². The normalized spacial score (nSPS) is 10.3. The van der Waals surface area contributed by atoms with Crippen LogP contribution in [0.3, 0.4) is 0 Å². The molecule has 0 spiro atoms. The van der Waals surface area contributed by atoms with Gasteiger partial charge in [0.15, 0.2) is 5.78 Å². The second kappa shape index (κ2) is 5.61. The van der Waals surface area contributed by atoms with Gasteiger partial charge in [0, 0.05) is 13.5 Å². The summed E-state index contributed by atoms with van der Waals surface area (Å²) in [5.74, 6) is -0.361. The third kappa shape index (κ3) is 2.78. The Morgan fingerprint density at radius 3 is 2.53 bits per heavy atom. The first-order valence-corrected chi connectivity index (χ1v) is 6.12. The number of benzene rings is 1. The largest absolute Gasteiger partial charge is 0.338 e. The van der Waals surface area contributed by atoms with Crippen molar-refractivity contribution in [3.05, 3.63) is 54.1 Å². The lowest BCUT2D eigenvalue weighted by Gasteiger charge is -2.23. The summed E-state index contributed by atoms with van der Waals surface area (Å²) in [6, 6.07) is 10.0. The lowest BCUT2D eigenvalue weighted by atomic mass is 10.2. The molecule has 0 radical (unpaired) electrons. The number of pyridine rings is 1. The molecular weight excluding hydrogens is 243 g/mol. The van der Waals surface area contributed by atoms with Gasteiger partial charge < -0.3 is 4.90 Å². The average Bonchev–Trinajstić information content (AvgIpc) is 2.42. The maximum Gasteiger partial charge on any atom is 0.178 e. The number of hydrogen-bond donors (Lipinski definition) is 0. The molecule has 3 nitrogen and oxygen atoms in total. The first kappa shape index (κ1) is 13.2. The number of anilines is 2. The van der Waals surface area contributed by atoms with Crippen LogP contribution in [-0.2, 0) is 0 Å². The van der Waals surface area contributed by atoms with Gasteiger partial charge in [0.05, 0.1) is 17.6 Å². The summed E-state index contributed by atoms with van der Waals surface area (Å²) < 4.78 is 13.8. The van der Waals surface area contributed by atoms with Gasteiger partial charge in [0.2, 0.25) is 0 Å². The molecule has 0 fully saturated rings. The number of ketones is 1. The molecule has 0 amide bonds. The summed E-state index contributed by atoms with van der Waals surface area (Å²) in [5, 5.41) is 0. The maximum absolute atomic E-state index is 13.8. The van der Waals surface area contributed by atoms with Crippen molar-refractivity contribution in [2.75, 3.05) is 11.4 Å². The van der Waals surface area contributed by atoms with E-state index in [4.69, 9.17) is 0 Å². The number of rotatable bonds is 4. The molecule has 1 aromatic heterocycles. The van der Waals surface area contributed by atoms with E-state index in [0.717, 1.165) is 5.69 Å². The fraction of sp³-hybridized carbons (Fsp3) is 0.200. The number of carbonyl (C=O) groups excluding carboxylic acids is 1. The van der Waals surface area contributed by atoms with Crippen molar-refractivity contribution in [3.63, 3.8) is 0 Å². The summed E-state index contributed by atoms with van der Waals surface area (Å²) in [4.78, 5) is 17.1. The van der Waals surface area contributed by atoms with Crippen LogP contribution in [0.25, 0.3) is 0 Å². The maximum atomic E-state index is 13.8. The number of hydrogen-bond acceptors (Lipinski definition) is 3. The molecule has 0 saturated carbocycles. The lowest BCUT2D eigenvalue weighted by molar-refractivity contribution is 0.101. The van der Waals surface area contributed by atoms with Crippen LogP contribution in [0.15, 0.2) is 42.6 Å². The minimum atomic E-state index is -0.278. The number of halogens is 1. The number of Topliss-reactive ketones (excluding diaryl/α,β-unsaturated/α-hetero) is 1. The quantitative estimate of drug-likeness (QED) is 0.786. The Morgan fingerprint density at radius 2 is 2.00 bits per heavy atom. The zero-order chi connectivity index (χ0) is 13.8. The van der Waals surface area contributed by atoms with E-state index in [1.165, 1.54) is 13.0 Å². The van der Waals surface area contributed by atoms with E-state index in [-0.39, 0.29) is 11.6 Å². The summed E-state index contributed by atoms with van der Waals surface area (Å²) in [6.07, 6.45) is 1.59. The Balaban J connectivity index is 2.37. The first-order valence-electron chi connectivity index (χ1n) is 6.12. The smallest absolute Gasteiger partial charge is 0.178 e. The summed E-state index contributed by atoms with van der Waals surface area (Å²) in [6.45, 7) is 4.02. The van der Waals surface area contributed by atoms with Gasteiger partial charge in [-0.25, -0.2) is 4.39 Å². The highest BCUT2D eigenvalue weighted by Gasteiger charge is 2.12. The van der Waals surface area contributed by atoms with Crippen molar-refractivity contribution < 1.29 is 9.18 Å². The molecule has 0 aliphatic carbocycles. The third-order valence-corrected chi connectivity index (χ3v) is 2.88. The number of nitrogens with zero attached hydrogens (tertiary/aromatic N) is 2. The average molecular weight is 258 g/mol. The Labute approximate surface area is 111 Å². The number of carbonyl (C=O) groups is 1. The van der Waals surface area contributed by atoms with Crippen LogP contribution in [0.2, 0.25) is 0 Å². The Bertz CT molecular complexity index is 581. The highest BCUT2D eigenvalue weighted by molar-refractivity contribution is 5.92. The molecule has 0 aliphatic heterocycles. The lowest BCUT2D eigenvalue weighted by Crippen LogP contribution is -2.17. The number of aromatic nitrogens is 1. The van der Waals surface area contributed by atoms with Gasteiger partial charge in [0.1, 0.15) is 11.5 Å². The van der Waals surface area contributed by atoms with Gasteiger partial charge in [-0.1, -0.05) is 12.1 Å². The monoisotopic (exact) mass is 258 g/mol. The van der Waals surface area contributed by atoms with E-state index in [1.54, 1.807) is 36.5 Å². The van der Waals surface area contributed by atoms with Crippen molar-refractivity contribution in [2.24, 2.45) is 0 Å². The van der Waals surface area contributed by atoms with Gasteiger partial charge in [-0.3, -0.25) is 9.78 Å². The minimum Gasteiger partial charge on any atom is -0.338 e. The number of para-hydroxylation sites is 1. The van der Waals surface area contributed by atoms with Crippen molar-refractivity contribution in [3.8, 4) is 0 Å². The molecule has 0 aliphatic rings. The van der Waals surface area contributed by atoms with E-state index in [9.17, 15) is 9.18 Å². The van der Waals surface area contributed by atoms with Crippen molar-refractivity contribution in [1.82, 2.24) is 4.98 Å². The molecule has 19 heavy (non-hydrogen) atoms. The zero-order valence-electron chi connectivity index (χ0n) is 10.9. The van der Waals surface area contributed by atoms with Crippen LogP contribution >= 0.6 is 0 Å². The second-order valence-corrected chi connectivity index (χ2v) is 4.15. The molecule has 0 saturated heterocycles. The van der Waals surface area contributed by atoms with Crippen molar-refractivity contribution in [1.29, 1.82) is 0 Å². The van der Waals surface area contributed by atoms with E-state index in [2.05, 4.69) is 4.98 Å². The molecule has 2 aromatic rings. The van der Waals surface area contributed by atoms with Crippen LogP contribution in [0.4, 0.5) is 15.8 Å². The standard InChI is InChI=1S/C15H15FN2O/c1-3-18(15-7-5-4-6-13(15)16)12-8-9-14(11(2)19)17-10-12/h4-10H,3H2,1-2H3. The van der Waals surface area contributed by atoms with Gasteiger partial charge in [0.25, 0.3) is 0 Å². The van der Waals surface area contributed by atoms with Crippen LogP contribution in [0, 0.1) is 5.82 Å². The zero-order valence-corrected chi connectivity index (χ0v) is 10.9. The molecule has 1 heterocycles. The molecule has 2 rings (SSSR count). The summed E-state index contributed by atoms with van der Waals surface area (Å²) >= 11 is 0. The van der Waals surface area contributed by atoms with E-state index in [0.29, 0.717) is 17.9 Å². The SMILES string of the molecule is CCN(c1ccc(C(C)=O)nc1)c1ccccc1F. The summed E-state index contributed by atoms with van der Waals surface area (Å²) in [5.41, 5.74) is 1.67. The predicted molar refractivity (Wildman–Crippen MR) is 73.3 cm³/mol. The van der Waals surface area contributed by atoms with Crippen LogP contribution in [-0.4, -0.2) is 17.3 Å². The fourth-order valence-electron chi connectivity index (χ4n) is 1.92. The van der Waals surface area contributed by atoms with Crippen LogP contribution in [0.5, 0.6) is 0 Å². The minimum absolute atomic E-state index is 0.0829. The molecule has 0 bridgehead atoms. The van der Waals surface area contributed by atoms with E-state index < -0.39 is 0 Å². The van der Waals surface area contributed by atoms with E-state index >= 15 is 0 Å². The van der Waals surface area contributed by atoms with Crippen molar-refractivity contribution >= 4 is 17.2 Å². The molecule has 98 valence electrons. The van der Waals surface area contributed by atoms with Crippen LogP contribution < -0.4 is 4.90 Å². The Hall–Kier alpha value is -2.23. The van der Waals surface area contributed by atoms with Gasteiger partial charge in [-0.15, -0.1) is 0 Å². The Kier molecular flexibility index (Phi) is 3.90. The van der Waals surface area contributed by atoms with Crippen LogP contribution in [0.1, 0.15) is 24.3 Å². The second-order valence-electron chi connectivity index (χ2n) is 4.15. The van der Waals surface area contributed by atoms with Gasteiger partial charge in [-0.05, 0) is 31.2 Å². The molecule has 1 aromatic carbocycles. The van der Waals surface area contributed by atoms with E-state index in [1.807, 2.05) is 11.8 Å². The molecule has 0 unspecified atom stereocenters. The highest BCUT2D eigenvalue weighted by atomic mass is 19.1. The predicted octanol–water partition coefficient (Wildman–Crippen LogP) is 3.58. The molecule has 0 atom stereocenters. The molecule has 4 heteroatoms. The Morgan fingerprint density at radius 1 is 1.26 bits per heavy atom. The molecule has 0 N–H and O–H groups in total.